The zero-order valence-electron chi connectivity index (χ0n) is 15.2. The van der Waals surface area contributed by atoms with E-state index < -0.39 is 0 Å². The van der Waals surface area contributed by atoms with Crippen molar-refractivity contribution in [3.05, 3.63) is 65.5 Å². The molecule has 0 unspecified atom stereocenters. The standard InChI is InChI=1S/C22H28N2O/c1-18-5-2-3-7-21(18)10-8-20-6-4-16-24(17-20)22(25)11-9-19-12-14-23-15-13-19/h2-3,5,7,12-15,20H,4,6,8-11,16-17H2,1H3/t20-/m1/s1. The molecule has 2 aromatic rings. The van der Waals surface area contributed by atoms with Gasteiger partial charge in [0.1, 0.15) is 0 Å². The first kappa shape index (κ1) is 17.7. The Morgan fingerprint density at radius 2 is 1.96 bits per heavy atom. The monoisotopic (exact) mass is 336 g/mol. The van der Waals surface area contributed by atoms with Gasteiger partial charge in [-0.15, -0.1) is 0 Å². The van der Waals surface area contributed by atoms with Crippen molar-refractivity contribution in [2.75, 3.05) is 13.1 Å². The first-order valence-electron chi connectivity index (χ1n) is 9.43. The summed E-state index contributed by atoms with van der Waals surface area (Å²) in [5.74, 6) is 0.940. The third kappa shape index (κ3) is 5.15. The smallest absolute Gasteiger partial charge is 0.222 e. The predicted molar refractivity (Wildman–Crippen MR) is 101 cm³/mol. The third-order valence-corrected chi connectivity index (χ3v) is 5.33. The molecule has 1 saturated heterocycles. The second kappa shape index (κ2) is 8.80. The number of nitrogens with zero attached hydrogens (tertiary/aromatic N) is 2. The van der Waals surface area contributed by atoms with Crippen molar-refractivity contribution in [2.24, 2.45) is 5.92 Å². The van der Waals surface area contributed by atoms with E-state index in [-0.39, 0.29) is 0 Å². The van der Waals surface area contributed by atoms with Gasteiger partial charge in [-0.3, -0.25) is 9.78 Å². The van der Waals surface area contributed by atoms with Gasteiger partial charge in [0.05, 0.1) is 0 Å². The maximum absolute atomic E-state index is 12.6. The van der Waals surface area contributed by atoms with Crippen LogP contribution in [0.4, 0.5) is 0 Å². The second-order valence-electron chi connectivity index (χ2n) is 7.17. The minimum atomic E-state index is 0.303. The lowest BCUT2D eigenvalue weighted by Crippen LogP contribution is -2.40. The van der Waals surface area contributed by atoms with E-state index in [9.17, 15) is 4.79 Å². The Morgan fingerprint density at radius 3 is 2.76 bits per heavy atom. The van der Waals surface area contributed by atoms with Crippen LogP contribution in [0.3, 0.4) is 0 Å². The van der Waals surface area contributed by atoms with Gasteiger partial charge >= 0.3 is 0 Å². The summed E-state index contributed by atoms with van der Waals surface area (Å²) < 4.78 is 0. The number of carbonyl (C=O) groups excluding carboxylic acids is 1. The summed E-state index contributed by atoms with van der Waals surface area (Å²) in [6.07, 6.45) is 9.69. The normalized spacial score (nSPS) is 17.5. The Balaban J connectivity index is 1.47. The Morgan fingerprint density at radius 1 is 1.16 bits per heavy atom. The van der Waals surface area contributed by atoms with Gasteiger partial charge in [0, 0.05) is 31.9 Å². The van der Waals surface area contributed by atoms with Crippen LogP contribution in [0.2, 0.25) is 0 Å². The fourth-order valence-electron chi connectivity index (χ4n) is 3.74. The number of likely N-dealkylation sites (tertiary alicyclic amines) is 1. The molecule has 25 heavy (non-hydrogen) atoms. The zero-order chi connectivity index (χ0) is 17.5. The Hall–Kier alpha value is -2.16. The first-order chi connectivity index (χ1) is 12.2. The maximum Gasteiger partial charge on any atom is 0.222 e. The van der Waals surface area contributed by atoms with Crippen molar-refractivity contribution >= 4 is 5.91 Å². The molecule has 0 saturated carbocycles. The van der Waals surface area contributed by atoms with Gasteiger partial charge in [-0.25, -0.2) is 0 Å². The van der Waals surface area contributed by atoms with E-state index in [0.29, 0.717) is 18.2 Å². The molecule has 3 heteroatoms. The van der Waals surface area contributed by atoms with Gasteiger partial charge in [0.25, 0.3) is 0 Å². The van der Waals surface area contributed by atoms with Crippen LogP contribution in [-0.2, 0) is 17.6 Å². The number of benzene rings is 1. The quantitative estimate of drug-likeness (QED) is 0.792. The Kier molecular flexibility index (Phi) is 6.21. The van der Waals surface area contributed by atoms with Crippen molar-refractivity contribution in [1.29, 1.82) is 0 Å². The van der Waals surface area contributed by atoms with Crippen molar-refractivity contribution in [2.45, 2.75) is 45.4 Å². The predicted octanol–water partition coefficient (Wildman–Crippen LogP) is 4.19. The number of hydrogen-bond donors (Lipinski definition) is 0. The molecule has 1 aliphatic heterocycles. The van der Waals surface area contributed by atoms with E-state index in [2.05, 4.69) is 41.1 Å². The van der Waals surface area contributed by atoms with E-state index in [1.54, 1.807) is 12.4 Å². The number of carbonyl (C=O) groups is 1. The lowest BCUT2D eigenvalue weighted by molar-refractivity contribution is -0.133. The van der Waals surface area contributed by atoms with E-state index in [1.165, 1.54) is 29.5 Å². The topological polar surface area (TPSA) is 33.2 Å². The van der Waals surface area contributed by atoms with E-state index in [4.69, 9.17) is 0 Å². The summed E-state index contributed by atoms with van der Waals surface area (Å²) >= 11 is 0. The van der Waals surface area contributed by atoms with Crippen molar-refractivity contribution in [3.8, 4) is 0 Å². The number of rotatable bonds is 6. The largest absolute Gasteiger partial charge is 0.342 e. The lowest BCUT2D eigenvalue weighted by Gasteiger charge is -2.33. The van der Waals surface area contributed by atoms with Crippen LogP contribution in [0.25, 0.3) is 0 Å². The van der Waals surface area contributed by atoms with Crippen molar-refractivity contribution in [1.82, 2.24) is 9.88 Å². The number of piperidine rings is 1. The average molecular weight is 336 g/mol. The van der Waals surface area contributed by atoms with Crippen LogP contribution in [0, 0.1) is 12.8 Å². The summed E-state index contributed by atoms with van der Waals surface area (Å²) in [6, 6.07) is 12.6. The summed E-state index contributed by atoms with van der Waals surface area (Å²) in [7, 11) is 0. The van der Waals surface area contributed by atoms with Crippen LogP contribution in [0.1, 0.15) is 42.4 Å². The molecule has 3 rings (SSSR count). The summed E-state index contributed by atoms with van der Waals surface area (Å²) in [4.78, 5) is 18.7. The minimum Gasteiger partial charge on any atom is -0.342 e. The Bertz CT molecular complexity index is 683. The average Bonchev–Trinajstić information content (AvgIpc) is 2.66. The summed E-state index contributed by atoms with van der Waals surface area (Å²) in [5, 5.41) is 0. The molecule has 0 bridgehead atoms. The molecule has 0 N–H and O–H groups in total. The number of hydrogen-bond acceptors (Lipinski definition) is 2. The molecule has 1 aliphatic rings. The van der Waals surface area contributed by atoms with Crippen molar-refractivity contribution in [3.63, 3.8) is 0 Å². The lowest BCUT2D eigenvalue weighted by atomic mass is 9.90. The Labute approximate surface area is 151 Å². The number of aryl methyl sites for hydroxylation is 3. The van der Waals surface area contributed by atoms with Crippen LogP contribution in [0.15, 0.2) is 48.8 Å². The number of pyridine rings is 1. The maximum atomic E-state index is 12.6. The molecule has 1 atom stereocenters. The molecule has 1 amide bonds. The molecule has 1 fully saturated rings. The fourth-order valence-corrected chi connectivity index (χ4v) is 3.74. The van der Waals surface area contributed by atoms with Gasteiger partial charge < -0.3 is 4.90 Å². The summed E-state index contributed by atoms with van der Waals surface area (Å²) in [5.41, 5.74) is 4.02. The molecule has 1 aromatic carbocycles. The highest BCUT2D eigenvalue weighted by atomic mass is 16.2. The summed E-state index contributed by atoms with van der Waals surface area (Å²) in [6.45, 7) is 4.04. The molecule has 1 aromatic heterocycles. The fraction of sp³-hybridized carbons (Fsp3) is 0.455. The molecule has 132 valence electrons. The van der Waals surface area contributed by atoms with E-state index in [1.807, 2.05) is 12.1 Å². The molecule has 0 radical (unpaired) electrons. The molecule has 3 nitrogen and oxygen atoms in total. The van der Waals surface area contributed by atoms with Crippen LogP contribution < -0.4 is 0 Å². The third-order valence-electron chi connectivity index (χ3n) is 5.33. The molecule has 0 aliphatic carbocycles. The highest BCUT2D eigenvalue weighted by Gasteiger charge is 2.23. The highest BCUT2D eigenvalue weighted by molar-refractivity contribution is 5.76. The number of aromatic nitrogens is 1. The van der Waals surface area contributed by atoms with Crippen LogP contribution >= 0.6 is 0 Å². The SMILES string of the molecule is Cc1ccccc1CC[C@H]1CCCN(C(=O)CCc2ccncc2)C1. The van der Waals surface area contributed by atoms with E-state index in [0.717, 1.165) is 32.4 Å². The molecule has 0 spiro atoms. The molecule has 2 heterocycles. The first-order valence-corrected chi connectivity index (χ1v) is 9.43. The van der Waals surface area contributed by atoms with Crippen molar-refractivity contribution < 1.29 is 4.79 Å². The van der Waals surface area contributed by atoms with E-state index >= 15 is 0 Å². The van der Waals surface area contributed by atoms with Gasteiger partial charge in [-0.05, 0) is 73.8 Å². The van der Waals surface area contributed by atoms with Gasteiger partial charge in [0.2, 0.25) is 5.91 Å². The molecular weight excluding hydrogens is 308 g/mol. The highest BCUT2D eigenvalue weighted by Crippen LogP contribution is 2.23. The van der Waals surface area contributed by atoms with Gasteiger partial charge in [-0.2, -0.15) is 0 Å². The second-order valence-corrected chi connectivity index (χ2v) is 7.17. The van der Waals surface area contributed by atoms with Gasteiger partial charge in [-0.1, -0.05) is 24.3 Å². The minimum absolute atomic E-state index is 0.303. The van der Waals surface area contributed by atoms with Gasteiger partial charge in [0.15, 0.2) is 0 Å². The molecular formula is C22H28N2O. The zero-order valence-corrected chi connectivity index (χ0v) is 15.2. The number of amides is 1. The van der Waals surface area contributed by atoms with Crippen LogP contribution in [-0.4, -0.2) is 28.9 Å². The van der Waals surface area contributed by atoms with Crippen LogP contribution in [0.5, 0.6) is 0 Å².